The number of rotatable bonds is 9. The highest BCUT2D eigenvalue weighted by molar-refractivity contribution is 6.74. The summed E-state index contributed by atoms with van der Waals surface area (Å²) in [4.78, 5) is 21.8. The monoisotopic (exact) mass is 592 g/mol. The molecule has 2 heterocycles. The number of methoxy groups -OCH3 is 1. The van der Waals surface area contributed by atoms with Crippen molar-refractivity contribution in [1.82, 2.24) is 9.97 Å². The molecular weight excluding hydrogens is 560 g/mol. The number of fused-ring (bicyclic) bond motifs is 1. The summed E-state index contributed by atoms with van der Waals surface area (Å²) in [7, 11) is 0.826. The van der Waals surface area contributed by atoms with Crippen molar-refractivity contribution in [3.8, 4) is 23.1 Å². The number of carbonyl (C=O) groups is 1. The van der Waals surface area contributed by atoms with Gasteiger partial charge in [-0.2, -0.15) is 5.26 Å². The van der Waals surface area contributed by atoms with Gasteiger partial charge >= 0.3 is 7.41 Å². The van der Waals surface area contributed by atoms with Gasteiger partial charge in [-0.15, -0.1) is 0 Å². The van der Waals surface area contributed by atoms with Crippen LogP contribution in [0.15, 0.2) is 36.5 Å². The molecule has 1 aliphatic rings. The number of hydrogen-bond donors (Lipinski definition) is 1. The van der Waals surface area contributed by atoms with Crippen LogP contribution in [0.5, 0.6) is 5.75 Å². The topological polar surface area (TPSA) is 100 Å². The van der Waals surface area contributed by atoms with Gasteiger partial charge in [0.1, 0.15) is 23.7 Å². The maximum absolute atomic E-state index is 15.3. The van der Waals surface area contributed by atoms with E-state index in [2.05, 4.69) is 55.2 Å². The zero-order valence-electron chi connectivity index (χ0n) is 24.3. The van der Waals surface area contributed by atoms with Gasteiger partial charge in [-0.25, -0.2) is 14.4 Å². The van der Waals surface area contributed by atoms with Gasteiger partial charge < -0.3 is 24.1 Å². The second kappa shape index (κ2) is 11.4. The van der Waals surface area contributed by atoms with Crippen LogP contribution in [-0.2, 0) is 14.6 Å². The number of halogens is 2. The zero-order valence-corrected chi connectivity index (χ0v) is 26.1. The summed E-state index contributed by atoms with van der Waals surface area (Å²) in [5.74, 6) is -0.0101. The van der Waals surface area contributed by atoms with E-state index in [1.165, 1.54) is 14.5 Å². The van der Waals surface area contributed by atoms with Crippen molar-refractivity contribution < 1.29 is 18.3 Å². The first-order chi connectivity index (χ1) is 19.2. The summed E-state index contributed by atoms with van der Waals surface area (Å²) in [6.07, 6.45) is 1.78. The Morgan fingerprint density at radius 1 is 1.32 bits per heavy atom. The Balaban J connectivity index is 1.80. The fraction of sp³-hybridized carbons (Fsp3) is 0.379. The summed E-state index contributed by atoms with van der Waals surface area (Å²) in [5, 5.41) is 13.6. The first kappa shape index (κ1) is 30.5. The first-order valence-electron chi connectivity index (χ1n) is 13.1. The Morgan fingerprint density at radius 3 is 2.68 bits per heavy atom. The maximum atomic E-state index is 15.3. The van der Waals surface area contributed by atoms with E-state index in [0.29, 0.717) is 52.6 Å². The van der Waals surface area contributed by atoms with Gasteiger partial charge in [0, 0.05) is 34.8 Å². The highest BCUT2D eigenvalue weighted by atomic mass is 35.5. The normalized spacial score (nSPS) is 16.6. The molecule has 213 valence electrons. The van der Waals surface area contributed by atoms with E-state index in [1.807, 2.05) is 13.0 Å². The molecule has 1 N–H and O–H groups in total. The van der Waals surface area contributed by atoms with Crippen molar-refractivity contribution in [3.63, 3.8) is 0 Å². The second-order valence-corrected chi connectivity index (χ2v) is 17.2. The molecule has 0 unspecified atom stereocenters. The van der Waals surface area contributed by atoms with Crippen LogP contribution in [0.4, 0.5) is 21.7 Å². The molecule has 0 aliphatic carbocycles. The molecule has 1 radical (unpaired) electrons. The van der Waals surface area contributed by atoms with E-state index in [0.717, 1.165) is 11.8 Å². The zero-order chi connectivity index (χ0) is 30.2. The van der Waals surface area contributed by atoms with E-state index in [-0.39, 0.29) is 16.7 Å². The minimum absolute atomic E-state index is 0.00177. The number of benzene rings is 2. The summed E-state index contributed by atoms with van der Waals surface area (Å²) >= 11 is 6.16. The molecule has 1 atom stereocenters. The Kier molecular flexibility index (Phi) is 8.50. The summed E-state index contributed by atoms with van der Waals surface area (Å²) in [6, 6.07) is 10.7. The first-order valence-corrected chi connectivity index (χ1v) is 16.4. The molecule has 0 fully saturated rings. The van der Waals surface area contributed by atoms with Crippen LogP contribution in [0.3, 0.4) is 0 Å². The molecule has 0 saturated heterocycles. The van der Waals surface area contributed by atoms with Crippen LogP contribution < -0.4 is 14.9 Å². The highest BCUT2D eigenvalue weighted by Crippen LogP contribution is 2.46. The molecule has 4 rings (SSSR count). The van der Waals surface area contributed by atoms with Crippen LogP contribution in [0.25, 0.3) is 11.3 Å². The van der Waals surface area contributed by atoms with Gasteiger partial charge in [0.15, 0.2) is 14.1 Å². The fourth-order valence-electron chi connectivity index (χ4n) is 4.57. The van der Waals surface area contributed by atoms with E-state index in [9.17, 15) is 10.1 Å². The summed E-state index contributed by atoms with van der Waals surface area (Å²) in [5.41, 5.74) is 2.06. The number of nitrogens with zero attached hydrogens (tertiary/aromatic N) is 4. The van der Waals surface area contributed by atoms with E-state index in [4.69, 9.17) is 20.8 Å². The van der Waals surface area contributed by atoms with Crippen LogP contribution >= 0.6 is 11.6 Å². The number of hydrogen-bond acceptors (Lipinski definition) is 8. The van der Waals surface area contributed by atoms with Gasteiger partial charge in [-0.05, 0) is 54.0 Å². The lowest BCUT2D eigenvalue weighted by atomic mass is 9.83. The van der Waals surface area contributed by atoms with E-state index >= 15 is 4.39 Å². The predicted molar refractivity (Wildman–Crippen MR) is 164 cm³/mol. The summed E-state index contributed by atoms with van der Waals surface area (Å²) in [6.45, 7) is 13.7. The van der Waals surface area contributed by atoms with Crippen molar-refractivity contribution in [2.24, 2.45) is 0 Å². The third-order valence-corrected chi connectivity index (χ3v) is 12.6. The number of ether oxygens (including phenoxy) is 1. The average molecular weight is 593 g/mol. The molecule has 0 amide bonds. The number of nitrogens with one attached hydrogen (secondary N) is 1. The Hall–Kier alpha value is -3.46. The van der Waals surface area contributed by atoms with Crippen LogP contribution in [-0.4, -0.2) is 52.1 Å². The van der Waals surface area contributed by atoms with Crippen molar-refractivity contribution in [3.05, 3.63) is 58.5 Å². The summed E-state index contributed by atoms with van der Waals surface area (Å²) < 4.78 is 27.3. The van der Waals surface area contributed by atoms with Gasteiger partial charge in [0.2, 0.25) is 5.95 Å². The maximum Gasteiger partial charge on any atom is 0.329 e. The smallest absolute Gasteiger partial charge is 0.329 e. The van der Waals surface area contributed by atoms with Crippen molar-refractivity contribution in [2.75, 3.05) is 30.4 Å². The highest BCUT2D eigenvalue weighted by Gasteiger charge is 2.44. The Bertz CT molecular complexity index is 1530. The predicted octanol–water partition coefficient (Wildman–Crippen LogP) is 6.47. The number of aromatic nitrogens is 2. The SMILES string of the molecule is COc1ccc(Cl)cc1Nc1ncc(F)c(-c2cc(C#N)c3c(c2)[C@@](C)(CO[Si](C)(C)C(C)(C)C)CN3[B]C=O)n1. The molecule has 1 aromatic heterocycles. The Morgan fingerprint density at radius 2 is 2.05 bits per heavy atom. The largest absolute Gasteiger partial charge is 0.495 e. The minimum atomic E-state index is -2.12. The van der Waals surface area contributed by atoms with Gasteiger partial charge in [-0.3, -0.25) is 0 Å². The number of nitriles is 1. The van der Waals surface area contributed by atoms with Crippen LogP contribution in [0.2, 0.25) is 23.2 Å². The standard InChI is InChI=1S/C29H33BClFN5O3Si/c1-28(2,3)41(6,7)40-16-29(4)15-37(30-17-38)26-19(13-33)10-18(11-21(26)29)25-22(32)14-34-27(36-25)35-23-12-20(31)8-9-24(23)39-5/h8-12,14,17H,15-16H2,1-7H3,(H,34,35,36)/t29-/m1/s1. The van der Waals surface area contributed by atoms with Gasteiger partial charge in [0.05, 0.1) is 24.6 Å². The van der Waals surface area contributed by atoms with Gasteiger partial charge in [-0.1, -0.05) is 39.3 Å². The minimum Gasteiger partial charge on any atom is -0.495 e. The van der Waals surface area contributed by atoms with E-state index < -0.39 is 19.5 Å². The van der Waals surface area contributed by atoms with Crippen molar-refractivity contribution in [2.45, 2.75) is 51.2 Å². The molecule has 8 nitrogen and oxygen atoms in total. The second-order valence-electron chi connectivity index (χ2n) is 11.9. The fourth-order valence-corrected chi connectivity index (χ4v) is 5.86. The lowest BCUT2D eigenvalue weighted by Gasteiger charge is -2.39. The van der Waals surface area contributed by atoms with Crippen LogP contribution in [0, 0.1) is 17.1 Å². The average Bonchev–Trinajstić information content (AvgIpc) is 3.19. The molecular formula is C29H33BClFN5O3Si. The molecule has 1 aliphatic heterocycles. The van der Waals surface area contributed by atoms with Crippen LogP contribution in [0.1, 0.15) is 38.8 Å². The molecule has 2 aromatic carbocycles. The third-order valence-electron chi connectivity index (χ3n) is 7.91. The number of anilines is 3. The Labute approximate surface area is 247 Å². The molecule has 0 saturated carbocycles. The lowest BCUT2D eigenvalue weighted by molar-refractivity contribution is 0.219. The molecule has 12 heteroatoms. The lowest BCUT2D eigenvalue weighted by Crippen LogP contribution is -2.46. The molecule has 0 bridgehead atoms. The number of carbonyl (C=O) groups excluding carboxylic acids is 1. The van der Waals surface area contributed by atoms with Gasteiger partial charge in [0.25, 0.3) is 0 Å². The van der Waals surface area contributed by atoms with Crippen molar-refractivity contribution in [1.29, 1.82) is 5.26 Å². The third kappa shape index (κ3) is 6.10. The van der Waals surface area contributed by atoms with Crippen molar-refractivity contribution >= 4 is 50.8 Å². The molecule has 0 spiro atoms. The van der Waals surface area contributed by atoms with E-state index in [1.54, 1.807) is 29.1 Å². The molecule has 41 heavy (non-hydrogen) atoms. The quantitative estimate of drug-likeness (QED) is 0.223. The molecule has 3 aromatic rings.